The molecule has 0 saturated carbocycles. The van der Waals surface area contributed by atoms with Crippen LogP contribution >= 0.6 is 11.6 Å². The lowest BCUT2D eigenvalue weighted by atomic mass is 10.3. The van der Waals surface area contributed by atoms with Crippen molar-refractivity contribution in [3.05, 3.63) is 29.2 Å². The Balaban J connectivity index is 3.04. The lowest BCUT2D eigenvalue weighted by Gasteiger charge is -2.12. The third-order valence-electron chi connectivity index (χ3n) is 2.00. The Morgan fingerprint density at radius 1 is 1.42 bits per heavy atom. The quantitative estimate of drug-likeness (QED) is 0.347. The summed E-state index contributed by atoms with van der Waals surface area (Å²) in [6.45, 7) is 1.77. The predicted molar refractivity (Wildman–Crippen MR) is 71.2 cm³/mol. The van der Waals surface area contributed by atoms with E-state index in [0.29, 0.717) is 10.9 Å². The van der Waals surface area contributed by atoms with Crippen molar-refractivity contribution in [1.29, 1.82) is 0 Å². The molecule has 0 aliphatic rings. The van der Waals surface area contributed by atoms with Gasteiger partial charge in [-0.25, -0.2) is 4.79 Å². The summed E-state index contributed by atoms with van der Waals surface area (Å²) < 4.78 is 9.69. The van der Waals surface area contributed by atoms with Gasteiger partial charge in [0, 0.05) is 0 Å². The molecule has 0 heterocycles. The van der Waals surface area contributed by atoms with Gasteiger partial charge in [-0.1, -0.05) is 23.7 Å². The van der Waals surface area contributed by atoms with E-state index in [-0.39, 0.29) is 12.3 Å². The minimum absolute atomic E-state index is 0.147. The highest BCUT2D eigenvalue weighted by molar-refractivity contribution is 6.82. The molecule has 0 radical (unpaired) electrons. The number of halogens is 1. The maximum Gasteiger partial charge on any atom is 0.370 e. The van der Waals surface area contributed by atoms with Crippen molar-refractivity contribution >= 4 is 28.4 Å². The summed E-state index contributed by atoms with van der Waals surface area (Å²) in [5, 5.41) is 6.39. The van der Waals surface area contributed by atoms with Crippen molar-refractivity contribution in [3.8, 4) is 5.75 Å². The van der Waals surface area contributed by atoms with Crippen LogP contribution in [0, 0.1) is 4.91 Å². The summed E-state index contributed by atoms with van der Waals surface area (Å²) in [6, 6.07) is 6.52. The first-order valence-electron chi connectivity index (χ1n) is 5.31. The molecule has 0 amide bonds. The zero-order chi connectivity index (χ0) is 14.3. The minimum Gasteiger partial charge on any atom is -0.494 e. The molecule has 1 aromatic rings. The number of carbonyl (C=O) groups excluding carboxylic acids is 1. The maximum atomic E-state index is 11.3. The number of esters is 1. The van der Waals surface area contributed by atoms with Crippen LogP contribution in [0.2, 0.25) is 0 Å². The van der Waals surface area contributed by atoms with E-state index in [2.05, 4.69) is 15.1 Å². The van der Waals surface area contributed by atoms with E-state index in [1.54, 1.807) is 31.2 Å². The highest BCUT2D eigenvalue weighted by Gasteiger charge is 2.16. The number of para-hydroxylation sites is 2. The topological polar surface area (TPSA) is 80.6 Å². The van der Waals surface area contributed by atoms with Crippen molar-refractivity contribution in [2.75, 3.05) is 18.8 Å². The van der Waals surface area contributed by atoms with E-state index >= 15 is 0 Å². The molecule has 0 saturated heterocycles. The first-order valence-corrected chi connectivity index (χ1v) is 5.69. The number of hydrogen-bond donors (Lipinski definition) is 0. The first kappa shape index (κ1) is 14.9. The van der Waals surface area contributed by atoms with Gasteiger partial charge in [0.15, 0.2) is 0 Å². The highest BCUT2D eigenvalue weighted by Crippen LogP contribution is 2.28. The number of ether oxygens (including phenoxy) is 2. The van der Waals surface area contributed by atoms with Gasteiger partial charge in [-0.3, -0.25) is 0 Å². The van der Waals surface area contributed by atoms with Crippen LogP contribution in [-0.4, -0.2) is 24.9 Å². The molecule has 0 atom stereocenters. The largest absolute Gasteiger partial charge is 0.494 e. The van der Waals surface area contributed by atoms with Gasteiger partial charge < -0.3 is 9.47 Å². The third-order valence-corrected chi connectivity index (χ3v) is 2.23. The second-order valence-corrected chi connectivity index (χ2v) is 3.51. The molecule has 0 spiro atoms. The van der Waals surface area contributed by atoms with Crippen LogP contribution in [0.15, 0.2) is 34.7 Å². The number of nitrogens with zero attached hydrogens (tertiary/aromatic N) is 3. The average molecular weight is 286 g/mol. The average Bonchev–Trinajstić information content (AvgIpc) is 2.44. The zero-order valence-corrected chi connectivity index (χ0v) is 11.1. The molecule has 0 aliphatic carbocycles. The molecule has 0 unspecified atom stereocenters. The lowest BCUT2D eigenvalue weighted by Crippen LogP contribution is -2.17. The predicted octanol–water partition coefficient (Wildman–Crippen LogP) is 2.30. The van der Waals surface area contributed by atoms with E-state index in [1.807, 2.05) is 0 Å². The number of rotatable bonds is 6. The normalized spacial score (nSPS) is 10.8. The molecule has 7 nitrogen and oxygen atoms in total. The number of benzene rings is 1. The van der Waals surface area contributed by atoms with Gasteiger partial charge in [0.05, 0.1) is 19.0 Å². The van der Waals surface area contributed by atoms with Gasteiger partial charge in [0.25, 0.3) is 0 Å². The second-order valence-electron chi connectivity index (χ2n) is 3.15. The number of anilines is 1. The van der Waals surface area contributed by atoms with Gasteiger partial charge in [-0.2, -0.15) is 0 Å². The van der Waals surface area contributed by atoms with Gasteiger partial charge >= 0.3 is 5.97 Å². The van der Waals surface area contributed by atoms with Crippen LogP contribution in [0.1, 0.15) is 6.92 Å². The van der Waals surface area contributed by atoms with Gasteiger partial charge in [0.2, 0.25) is 5.17 Å². The van der Waals surface area contributed by atoms with Crippen molar-refractivity contribution in [1.82, 2.24) is 0 Å². The Morgan fingerprint density at radius 3 is 2.68 bits per heavy atom. The molecule has 19 heavy (non-hydrogen) atoms. The summed E-state index contributed by atoms with van der Waals surface area (Å²) in [6.07, 6.45) is 0. The van der Waals surface area contributed by atoms with Crippen LogP contribution in [-0.2, 0) is 9.53 Å². The van der Waals surface area contributed by atoms with Crippen molar-refractivity contribution < 1.29 is 14.3 Å². The SMILES string of the molecule is CCOC(=O)/C(Cl)=N/N(N=O)c1ccccc1OC. The standard InChI is InChI=1S/C11H12ClN3O4/c1-3-19-11(16)10(12)13-15(14-17)8-6-4-5-7-9(8)18-2/h4-7H,3H2,1-2H3/b13-10-. The van der Waals surface area contributed by atoms with Crippen molar-refractivity contribution in [2.24, 2.45) is 10.4 Å². The Morgan fingerprint density at radius 2 is 2.11 bits per heavy atom. The molecule has 0 N–H and O–H groups in total. The number of hydrogen-bond acceptors (Lipinski definition) is 6. The van der Waals surface area contributed by atoms with E-state index in [0.717, 1.165) is 0 Å². The molecule has 0 aliphatic heterocycles. The fourth-order valence-electron chi connectivity index (χ4n) is 1.23. The van der Waals surface area contributed by atoms with Crippen LogP contribution in [0.4, 0.5) is 5.69 Å². The summed E-state index contributed by atoms with van der Waals surface area (Å²) in [7, 11) is 1.43. The Bertz CT molecular complexity index is 493. The molecular weight excluding hydrogens is 274 g/mol. The molecule has 0 fully saturated rings. The van der Waals surface area contributed by atoms with Crippen molar-refractivity contribution in [2.45, 2.75) is 6.92 Å². The molecule has 1 aromatic carbocycles. The van der Waals surface area contributed by atoms with E-state index in [4.69, 9.17) is 16.3 Å². The molecular formula is C11H12ClN3O4. The number of methoxy groups -OCH3 is 1. The molecule has 0 aromatic heterocycles. The highest BCUT2D eigenvalue weighted by atomic mass is 35.5. The maximum absolute atomic E-state index is 11.3. The molecule has 8 heteroatoms. The van der Waals surface area contributed by atoms with Crippen LogP contribution in [0.3, 0.4) is 0 Å². The summed E-state index contributed by atoms with van der Waals surface area (Å²) in [4.78, 5) is 22.1. The zero-order valence-electron chi connectivity index (χ0n) is 10.4. The monoisotopic (exact) mass is 285 g/mol. The van der Waals surface area contributed by atoms with Crippen LogP contribution in [0.5, 0.6) is 5.75 Å². The van der Waals surface area contributed by atoms with Crippen LogP contribution in [0.25, 0.3) is 0 Å². The summed E-state index contributed by atoms with van der Waals surface area (Å²) >= 11 is 5.62. The second kappa shape index (κ2) is 7.32. The minimum atomic E-state index is -0.840. The van der Waals surface area contributed by atoms with E-state index in [9.17, 15) is 9.70 Å². The van der Waals surface area contributed by atoms with Gasteiger partial charge in [-0.15, -0.1) is 15.1 Å². The Hall–Kier alpha value is -2.15. The third kappa shape index (κ3) is 3.92. The summed E-state index contributed by atoms with van der Waals surface area (Å²) in [5.41, 5.74) is 0.252. The smallest absolute Gasteiger partial charge is 0.370 e. The number of nitroso groups, excluding NO2 is 1. The number of hydrazone groups is 1. The summed E-state index contributed by atoms with van der Waals surface area (Å²) in [5.74, 6) is -0.480. The number of carbonyl (C=O) groups is 1. The van der Waals surface area contributed by atoms with Gasteiger partial charge in [0.1, 0.15) is 11.4 Å². The van der Waals surface area contributed by atoms with Crippen molar-refractivity contribution in [3.63, 3.8) is 0 Å². The molecule has 0 bridgehead atoms. The molecule has 1 rings (SSSR count). The first-order chi connectivity index (χ1) is 9.13. The fraction of sp³-hybridized carbons (Fsp3) is 0.273. The van der Waals surface area contributed by atoms with E-state index in [1.165, 1.54) is 7.11 Å². The lowest BCUT2D eigenvalue weighted by molar-refractivity contribution is -0.134. The molecule has 102 valence electrons. The van der Waals surface area contributed by atoms with E-state index < -0.39 is 11.1 Å². The van der Waals surface area contributed by atoms with Crippen LogP contribution < -0.4 is 9.85 Å². The van der Waals surface area contributed by atoms with Gasteiger partial charge in [-0.05, 0) is 19.1 Å². The Kier molecular flexibility index (Phi) is 5.74. The Labute approximate surface area is 114 Å². The fourth-order valence-corrected chi connectivity index (χ4v) is 1.35.